The van der Waals surface area contributed by atoms with Gasteiger partial charge in [0.25, 0.3) is 0 Å². The maximum atomic E-state index is 10.3. The molecule has 0 saturated heterocycles. The molecule has 8 heteroatoms. The van der Waals surface area contributed by atoms with Crippen molar-refractivity contribution in [2.45, 2.75) is 18.9 Å². The standard InChI is InChI=1S/C6H13N5O3/c7-4(5(12)13)2-1-3-9-6(8)10-11-14/h4H,1-3,7H2,(H,12,13)(H3,8,9,10,14). The zero-order chi connectivity index (χ0) is 11.0. The fourth-order valence-electron chi connectivity index (χ4n) is 0.744. The Labute approximate surface area is 80.3 Å². The number of nitrogens with two attached hydrogens (primary N) is 1. The summed E-state index contributed by atoms with van der Waals surface area (Å²) in [5.41, 5.74) is 7.08. The molecule has 0 heterocycles. The lowest BCUT2D eigenvalue weighted by molar-refractivity contribution is -0.138. The molecule has 14 heavy (non-hydrogen) atoms. The quantitative estimate of drug-likeness (QED) is 0.123. The van der Waals surface area contributed by atoms with E-state index in [1.807, 2.05) is 5.43 Å². The average molecular weight is 203 g/mol. The maximum Gasteiger partial charge on any atom is 0.320 e. The second-order valence-corrected chi connectivity index (χ2v) is 2.59. The summed E-state index contributed by atoms with van der Waals surface area (Å²) in [7, 11) is 0. The number of carboxylic acids is 1. The highest BCUT2D eigenvalue weighted by Gasteiger charge is 2.09. The summed E-state index contributed by atoms with van der Waals surface area (Å²) in [5.74, 6) is -1.27. The Kier molecular flexibility index (Phi) is 5.95. The van der Waals surface area contributed by atoms with Gasteiger partial charge in [-0.2, -0.15) is 0 Å². The molecular weight excluding hydrogens is 190 g/mol. The summed E-state index contributed by atoms with van der Waals surface area (Å²) in [6, 6.07) is -0.886. The van der Waals surface area contributed by atoms with Crippen LogP contribution in [0.5, 0.6) is 0 Å². The lowest BCUT2D eigenvalue weighted by atomic mass is 10.2. The molecule has 0 fully saturated rings. The van der Waals surface area contributed by atoms with Gasteiger partial charge in [-0.15, -0.1) is 4.91 Å². The second-order valence-electron chi connectivity index (χ2n) is 2.59. The minimum atomic E-state index is -1.05. The monoisotopic (exact) mass is 203 g/mol. The van der Waals surface area contributed by atoms with Crippen LogP contribution in [0.2, 0.25) is 0 Å². The number of hydrogen-bond donors (Lipinski definition) is 5. The zero-order valence-corrected chi connectivity index (χ0v) is 7.49. The van der Waals surface area contributed by atoms with E-state index in [1.165, 1.54) is 0 Å². The minimum absolute atomic E-state index is 0.219. The summed E-state index contributed by atoms with van der Waals surface area (Å²) < 4.78 is 0. The molecule has 0 saturated carbocycles. The van der Waals surface area contributed by atoms with E-state index < -0.39 is 12.0 Å². The summed E-state index contributed by atoms with van der Waals surface area (Å²) >= 11 is 0. The lowest BCUT2D eigenvalue weighted by Gasteiger charge is -2.07. The van der Waals surface area contributed by atoms with Crippen LogP contribution < -0.4 is 16.5 Å². The second kappa shape index (κ2) is 6.78. The molecule has 0 aromatic heterocycles. The summed E-state index contributed by atoms with van der Waals surface area (Å²) in [6.45, 7) is 0.363. The molecular formula is C6H13N5O3. The number of guanidine groups is 1. The lowest BCUT2D eigenvalue weighted by Crippen LogP contribution is -2.35. The molecule has 0 aromatic carbocycles. The van der Waals surface area contributed by atoms with E-state index in [-0.39, 0.29) is 5.96 Å². The summed E-state index contributed by atoms with van der Waals surface area (Å²) in [4.78, 5) is 19.9. The van der Waals surface area contributed by atoms with E-state index in [0.717, 1.165) is 0 Å². The molecule has 0 radical (unpaired) electrons. The van der Waals surface area contributed by atoms with Crippen molar-refractivity contribution in [1.29, 1.82) is 5.41 Å². The van der Waals surface area contributed by atoms with Crippen LogP contribution in [-0.4, -0.2) is 29.6 Å². The van der Waals surface area contributed by atoms with Gasteiger partial charge in [-0.25, -0.2) is 5.43 Å². The number of nitrogens with one attached hydrogen (secondary N) is 3. The van der Waals surface area contributed by atoms with Gasteiger partial charge in [0.1, 0.15) is 6.04 Å². The van der Waals surface area contributed by atoms with E-state index in [9.17, 15) is 9.70 Å². The molecule has 0 aliphatic carbocycles. The number of nitroso groups, excluding NO2 is 1. The van der Waals surface area contributed by atoms with Crippen LogP contribution in [0.4, 0.5) is 0 Å². The van der Waals surface area contributed by atoms with E-state index in [2.05, 4.69) is 10.6 Å². The topological polar surface area (TPSA) is 141 Å². The van der Waals surface area contributed by atoms with Crippen molar-refractivity contribution in [1.82, 2.24) is 10.7 Å². The highest BCUT2D eigenvalue weighted by molar-refractivity contribution is 5.75. The average Bonchev–Trinajstić information content (AvgIpc) is 2.12. The Hall–Kier alpha value is -1.70. The Balaban J connectivity index is 3.42. The first-order chi connectivity index (χ1) is 6.57. The van der Waals surface area contributed by atoms with E-state index in [4.69, 9.17) is 16.2 Å². The molecule has 0 bridgehead atoms. The van der Waals surface area contributed by atoms with Crippen LogP contribution in [0.3, 0.4) is 0 Å². The van der Waals surface area contributed by atoms with Gasteiger partial charge in [-0.1, -0.05) is 0 Å². The number of aliphatic carboxylic acids is 1. The van der Waals surface area contributed by atoms with Gasteiger partial charge in [0.05, 0.1) is 5.29 Å². The van der Waals surface area contributed by atoms with Crippen LogP contribution in [0.1, 0.15) is 12.8 Å². The molecule has 1 atom stereocenters. The Bertz CT molecular complexity index is 220. The third kappa shape index (κ3) is 5.89. The molecule has 0 rings (SSSR count). The molecule has 8 nitrogen and oxygen atoms in total. The predicted molar refractivity (Wildman–Crippen MR) is 49.5 cm³/mol. The van der Waals surface area contributed by atoms with Gasteiger partial charge in [0.15, 0.2) is 0 Å². The Morgan fingerprint density at radius 2 is 2.29 bits per heavy atom. The van der Waals surface area contributed by atoms with Crippen molar-refractivity contribution >= 4 is 11.9 Å². The largest absolute Gasteiger partial charge is 0.480 e. The number of rotatable bonds is 6. The molecule has 0 aliphatic rings. The first kappa shape index (κ1) is 12.3. The number of carbonyl (C=O) groups is 1. The first-order valence-corrected chi connectivity index (χ1v) is 3.97. The SMILES string of the molecule is N=C(NCCCC(N)C(=O)O)NN=O. The molecule has 0 aromatic rings. The zero-order valence-electron chi connectivity index (χ0n) is 7.49. The van der Waals surface area contributed by atoms with Gasteiger partial charge in [0.2, 0.25) is 5.96 Å². The highest BCUT2D eigenvalue weighted by Crippen LogP contribution is 1.92. The van der Waals surface area contributed by atoms with Crippen LogP contribution in [0.15, 0.2) is 5.29 Å². The van der Waals surface area contributed by atoms with Crippen molar-refractivity contribution < 1.29 is 9.90 Å². The molecule has 0 aliphatic heterocycles. The highest BCUT2D eigenvalue weighted by atomic mass is 16.4. The molecule has 0 spiro atoms. The fourth-order valence-corrected chi connectivity index (χ4v) is 0.744. The Morgan fingerprint density at radius 3 is 2.79 bits per heavy atom. The van der Waals surface area contributed by atoms with Gasteiger partial charge in [-0.3, -0.25) is 10.2 Å². The van der Waals surface area contributed by atoms with Gasteiger partial charge in [0, 0.05) is 6.54 Å². The van der Waals surface area contributed by atoms with E-state index in [1.54, 1.807) is 0 Å². The first-order valence-electron chi connectivity index (χ1n) is 3.97. The van der Waals surface area contributed by atoms with Crippen LogP contribution >= 0.6 is 0 Å². The van der Waals surface area contributed by atoms with E-state index in [0.29, 0.717) is 19.4 Å². The summed E-state index contributed by atoms with van der Waals surface area (Å²) in [6.07, 6.45) is 0.806. The van der Waals surface area contributed by atoms with Crippen LogP contribution in [0, 0.1) is 10.3 Å². The van der Waals surface area contributed by atoms with Crippen molar-refractivity contribution in [2.24, 2.45) is 11.0 Å². The molecule has 0 amide bonds. The Morgan fingerprint density at radius 1 is 1.64 bits per heavy atom. The number of carboxylic acid groups (broad SMARTS) is 1. The van der Waals surface area contributed by atoms with Crippen molar-refractivity contribution in [3.8, 4) is 0 Å². The molecule has 1 unspecified atom stereocenters. The van der Waals surface area contributed by atoms with Crippen molar-refractivity contribution in [3.05, 3.63) is 4.91 Å². The molecule has 6 N–H and O–H groups in total. The van der Waals surface area contributed by atoms with Crippen LogP contribution in [-0.2, 0) is 4.79 Å². The minimum Gasteiger partial charge on any atom is -0.480 e. The smallest absolute Gasteiger partial charge is 0.320 e. The number of nitrogens with zero attached hydrogens (tertiary/aromatic N) is 1. The van der Waals surface area contributed by atoms with E-state index >= 15 is 0 Å². The van der Waals surface area contributed by atoms with Gasteiger partial charge in [-0.05, 0) is 12.8 Å². The predicted octanol–water partition coefficient (Wildman–Crippen LogP) is -1.03. The third-order valence-electron chi connectivity index (χ3n) is 1.47. The summed E-state index contributed by atoms with van der Waals surface area (Å²) in [5, 5.41) is 20.2. The van der Waals surface area contributed by atoms with Gasteiger partial charge < -0.3 is 16.2 Å². The fraction of sp³-hybridized carbons (Fsp3) is 0.667. The van der Waals surface area contributed by atoms with Crippen molar-refractivity contribution in [3.63, 3.8) is 0 Å². The third-order valence-corrected chi connectivity index (χ3v) is 1.47. The number of hydrogen-bond acceptors (Lipinski definition) is 5. The normalized spacial score (nSPS) is 11.5. The van der Waals surface area contributed by atoms with Crippen LogP contribution in [0.25, 0.3) is 0 Å². The van der Waals surface area contributed by atoms with Gasteiger partial charge >= 0.3 is 5.97 Å². The van der Waals surface area contributed by atoms with Crippen molar-refractivity contribution in [2.75, 3.05) is 6.54 Å². The molecule has 80 valence electrons. The maximum absolute atomic E-state index is 10.3.